The minimum atomic E-state index is -0.239. The second-order valence-corrected chi connectivity index (χ2v) is 5.42. The van der Waals surface area contributed by atoms with Gasteiger partial charge in [0.1, 0.15) is 17.7 Å². The van der Waals surface area contributed by atoms with Gasteiger partial charge in [-0.05, 0) is 19.1 Å². The van der Waals surface area contributed by atoms with Crippen molar-refractivity contribution in [3.8, 4) is 0 Å². The summed E-state index contributed by atoms with van der Waals surface area (Å²) in [6.45, 7) is 2.36. The number of hydrogen-bond donors (Lipinski definition) is 2. The quantitative estimate of drug-likeness (QED) is 0.756. The Morgan fingerprint density at radius 2 is 2.22 bits per heavy atom. The summed E-state index contributed by atoms with van der Waals surface area (Å²) in [6.07, 6.45) is 2.24. The molecule has 2 aromatic heterocycles. The third-order valence-corrected chi connectivity index (χ3v) is 3.61. The molecule has 0 fully saturated rings. The first-order valence-corrected chi connectivity index (χ1v) is 7.49. The van der Waals surface area contributed by atoms with Crippen LogP contribution >= 0.6 is 0 Å². The Bertz CT molecular complexity index is 775. The van der Waals surface area contributed by atoms with Crippen LogP contribution in [-0.4, -0.2) is 27.3 Å². The van der Waals surface area contributed by atoms with Gasteiger partial charge >= 0.3 is 6.03 Å². The first-order chi connectivity index (χ1) is 11.1. The standard InChI is InChI=1S/C16H19N5O2/c1-11(15-20-18-10-21(15)2)19-16(22)17-8-7-13-9-12-5-3-4-6-14(12)23-13/h3-6,9-11H,7-8H2,1-2H3,(H2,17,19,22)/t11-/m1/s1. The molecule has 7 nitrogen and oxygen atoms in total. The number of hydrogen-bond acceptors (Lipinski definition) is 4. The fraction of sp³-hybridized carbons (Fsp3) is 0.312. The highest BCUT2D eigenvalue weighted by Gasteiger charge is 2.13. The average molecular weight is 313 g/mol. The molecule has 23 heavy (non-hydrogen) atoms. The maximum atomic E-state index is 11.9. The molecule has 0 bridgehead atoms. The van der Waals surface area contributed by atoms with Crippen LogP contribution in [-0.2, 0) is 13.5 Å². The maximum absolute atomic E-state index is 11.9. The van der Waals surface area contributed by atoms with Crippen molar-refractivity contribution in [1.82, 2.24) is 25.4 Å². The van der Waals surface area contributed by atoms with Crippen molar-refractivity contribution in [2.24, 2.45) is 7.05 Å². The van der Waals surface area contributed by atoms with Crippen LogP contribution in [0.1, 0.15) is 24.6 Å². The van der Waals surface area contributed by atoms with Crippen molar-refractivity contribution in [3.05, 3.63) is 48.2 Å². The first-order valence-electron chi connectivity index (χ1n) is 7.49. The SMILES string of the molecule is C[C@@H](NC(=O)NCCc1cc2ccccc2o1)c1nncn1C. The lowest BCUT2D eigenvalue weighted by Crippen LogP contribution is -2.38. The molecule has 3 rings (SSSR count). The number of benzene rings is 1. The number of furan rings is 1. The Hall–Kier alpha value is -2.83. The molecule has 2 heterocycles. The Kier molecular flexibility index (Phi) is 4.27. The molecule has 1 atom stereocenters. The molecule has 2 N–H and O–H groups in total. The summed E-state index contributed by atoms with van der Waals surface area (Å²) in [6, 6.07) is 9.39. The predicted molar refractivity (Wildman–Crippen MR) is 85.9 cm³/mol. The molecular weight excluding hydrogens is 294 g/mol. The summed E-state index contributed by atoms with van der Waals surface area (Å²) >= 11 is 0. The van der Waals surface area contributed by atoms with Crippen LogP contribution in [0.4, 0.5) is 4.79 Å². The van der Waals surface area contributed by atoms with E-state index in [0.717, 1.165) is 16.7 Å². The van der Waals surface area contributed by atoms with E-state index in [4.69, 9.17) is 4.42 Å². The molecule has 2 amide bonds. The summed E-state index contributed by atoms with van der Waals surface area (Å²) in [5, 5.41) is 14.5. The van der Waals surface area contributed by atoms with Crippen LogP contribution < -0.4 is 10.6 Å². The van der Waals surface area contributed by atoms with E-state index in [2.05, 4.69) is 20.8 Å². The van der Waals surface area contributed by atoms with Gasteiger partial charge in [-0.3, -0.25) is 0 Å². The number of carbonyl (C=O) groups is 1. The van der Waals surface area contributed by atoms with Gasteiger partial charge in [0.05, 0.1) is 6.04 Å². The molecule has 0 aliphatic carbocycles. The number of carbonyl (C=O) groups excluding carboxylic acids is 1. The monoisotopic (exact) mass is 313 g/mol. The first kappa shape index (κ1) is 15.1. The summed E-state index contributed by atoms with van der Waals surface area (Å²) < 4.78 is 7.49. The second kappa shape index (κ2) is 6.51. The normalized spacial score (nSPS) is 12.3. The summed E-state index contributed by atoms with van der Waals surface area (Å²) in [7, 11) is 1.84. The Balaban J connectivity index is 1.48. The minimum Gasteiger partial charge on any atom is -0.461 e. The lowest BCUT2D eigenvalue weighted by atomic mass is 10.2. The second-order valence-electron chi connectivity index (χ2n) is 5.42. The number of para-hydroxylation sites is 1. The fourth-order valence-electron chi connectivity index (χ4n) is 2.46. The van der Waals surface area contributed by atoms with Gasteiger partial charge in [-0.1, -0.05) is 18.2 Å². The molecule has 0 saturated heterocycles. The molecule has 0 radical (unpaired) electrons. The maximum Gasteiger partial charge on any atom is 0.315 e. The Morgan fingerprint density at radius 3 is 2.96 bits per heavy atom. The van der Waals surface area contributed by atoms with Gasteiger partial charge in [0, 0.05) is 25.4 Å². The third kappa shape index (κ3) is 3.50. The van der Waals surface area contributed by atoms with Crippen molar-refractivity contribution >= 4 is 17.0 Å². The molecule has 0 spiro atoms. The molecule has 1 aromatic carbocycles. The van der Waals surface area contributed by atoms with Crippen molar-refractivity contribution in [3.63, 3.8) is 0 Å². The minimum absolute atomic E-state index is 0.214. The van der Waals surface area contributed by atoms with E-state index in [1.165, 1.54) is 0 Å². The molecule has 120 valence electrons. The van der Waals surface area contributed by atoms with Crippen molar-refractivity contribution < 1.29 is 9.21 Å². The van der Waals surface area contributed by atoms with Gasteiger partial charge in [-0.25, -0.2) is 4.79 Å². The van der Waals surface area contributed by atoms with E-state index in [-0.39, 0.29) is 12.1 Å². The number of rotatable bonds is 5. The van der Waals surface area contributed by atoms with E-state index in [1.54, 1.807) is 10.9 Å². The number of urea groups is 1. The summed E-state index contributed by atoms with van der Waals surface area (Å²) in [5.74, 6) is 1.56. The Labute approximate surface area is 133 Å². The van der Waals surface area contributed by atoms with Crippen LogP contribution in [0.3, 0.4) is 0 Å². The van der Waals surface area contributed by atoms with E-state index in [9.17, 15) is 4.79 Å². The number of nitrogens with one attached hydrogen (secondary N) is 2. The van der Waals surface area contributed by atoms with Crippen LogP contribution in [0.25, 0.3) is 11.0 Å². The molecule has 3 aromatic rings. The van der Waals surface area contributed by atoms with Crippen molar-refractivity contribution in [1.29, 1.82) is 0 Å². The fourth-order valence-corrected chi connectivity index (χ4v) is 2.46. The van der Waals surface area contributed by atoms with Crippen molar-refractivity contribution in [2.75, 3.05) is 6.54 Å². The average Bonchev–Trinajstić information content (AvgIpc) is 3.12. The van der Waals surface area contributed by atoms with Crippen molar-refractivity contribution in [2.45, 2.75) is 19.4 Å². The number of nitrogens with zero attached hydrogens (tertiary/aromatic N) is 3. The molecule has 0 aliphatic heterocycles. The van der Waals surface area contributed by atoms with Gasteiger partial charge in [0.2, 0.25) is 0 Å². The van der Waals surface area contributed by atoms with E-state index in [1.807, 2.05) is 44.3 Å². The number of aromatic nitrogens is 3. The zero-order valence-corrected chi connectivity index (χ0v) is 13.1. The van der Waals surface area contributed by atoms with E-state index in [0.29, 0.717) is 18.8 Å². The highest BCUT2D eigenvalue weighted by Crippen LogP contribution is 2.18. The zero-order chi connectivity index (χ0) is 16.2. The Morgan fingerprint density at radius 1 is 1.39 bits per heavy atom. The van der Waals surface area contributed by atoms with Gasteiger partial charge in [0.25, 0.3) is 0 Å². The molecule has 7 heteroatoms. The van der Waals surface area contributed by atoms with Gasteiger partial charge in [0.15, 0.2) is 5.82 Å². The van der Waals surface area contributed by atoms with Crippen LogP contribution in [0, 0.1) is 0 Å². The van der Waals surface area contributed by atoms with Crippen LogP contribution in [0.5, 0.6) is 0 Å². The lowest BCUT2D eigenvalue weighted by molar-refractivity contribution is 0.237. The highest BCUT2D eigenvalue weighted by molar-refractivity contribution is 5.77. The highest BCUT2D eigenvalue weighted by atomic mass is 16.3. The smallest absolute Gasteiger partial charge is 0.315 e. The van der Waals surface area contributed by atoms with Gasteiger partial charge in [-0.15, -0.1) is 10.2 Å². The topological polar surface area (TPSA) is 85.0 Å². The number of amides is 2. The molecular formula is C16H19N5O2. The largest absolute Gasteiger partial charge is 0.461 e. The summed E-state index contributed by atoms with van der Waals surface area (Å²) in [4.78, 5) is 11.9. The molecule has 0 unspecified atom stereocenters. The summed E-state index contributed by atoms with van der Waals surface area (Å²) in [5.41, 5.74) is 0.864. The van der Waals surface area contributed by atoms with Gasteiger partial charge in [-0.2, -0.15) is 0 Å². The van der Waals surface area contributed by atoms with Gasteiger partial charge < -0.3 is 19.6 Å². The molecule has 0 aliphatic rings. The van der Waals surface area contributed by atoms with E-state index < -0.39 is 0 Å². The number of aryl methyl sites for hydroxylation is 1. The lowest BCUT2D eigenvalue weighted by Gasteiger charge is -2.13. The third-order valence-electron chi connectivity index (χ3n) is 3.61. The van der Waals surface area contributed by atoms with Crippen LogP contribution in [0.15, 0.2) is 41.1 Å². The molecule has 0 saturated carbocycles. The van der Waals surface area contributed by atoms with Crippen LogP contribution in [0.2, 0.25) is 0 Å². The zero-order valence-electron chi connectivity index (χ0n) is 13.1. The predicted octanol–water partition coefficient (Wildman–Crippen LogP) is 2.16. The van der Waals surface area contributed by atoms with E-state index >= 15 is 0 Å². The number of fused-ring (bicyclic) bond motifs is 1.